The van der Waals surface area contributed by atoms with Crippen molar-refractivity contribution >= 4 is 38.5 Å². The maximum absolute atomic E-state index is 14.9. The number of carbonyl (C=O) groups is 2. The molecule has 0 unspecified atom stereocenters. The second-order valence-corrected chi connectivity index (χ2v) is 11.3. The van der Waals surface area contributed by atoms with E-state index in [0.29, 0.717) is 17.7 Å². The van der Waals surface area contributed by atoms with Gasteiger partial charge in [0.1, 0.15) is 17.6 Å². The Bertz CT molecular complexity index is 1490. The lowest BCUT2D eigenvalue weighted by Crippen LogP contribution is -2.53. The predicted molar refractivity (Wildman–Crippen MR) is 163 cm³/mol. The molecule has 4 aromatic rings. The van der Waals surface area contributed by atoms with Gasteiger partial charge in [0, 0.05) is 24.6 Å². The minimum absolute atomic E-state index is 0.0522. The van der Waals surface area contributed by atoms with Crippen LogP contribution < -0.4 is 10.1 Å². The number of hydrogen-bond donors (Lipinski definition) is 1. The summed E-state index contributed by atoms with van der Waals surface area (Å²) in [4.78, 5) is 29.3. The largest absolute Gasteiger partial charge is 0.483 e. The highest BCUT2D eigenvalue weighted by Gasteiger charge is 2.32. The van der Waals surface area contributed by atoms with Crippen LogP contribution in [0.4, 0.5) is 4.39 Å². The van der Waals surface area contributed by atoms with E-state index < -0.39 is 17.8 Å². The minimum atomic E-state index is -0.838. The van der Waals surface area contributed by atoms with Crippen molar-refractivity contribution in [3.63, 3.8) is 0 Å². The monoisotopic (exact) mass is 616 g/mol. The number of halogens is 2. The fraction of sp³-hybridized carbons (Fsp3) is 0.294. The fourth-order valence-corrected chi connectivity index (χ4v) is 6.06. The first-order chi connectivity index (χ1) is 20.0. The van der Waals surface area contributed by atoms with Gasteiger partial charge in [0.15, 0.2) is 6.61 Å². The molecule has 0 radical (unpaired) electrons. The standard InChI is InChI=1S/C34H34BrFN2O3/c35-33-28-17-9-7-13-25(28)19-20-31(33)41-23-32(39)38(22-26-14-8-10-18-29(26)36)30(21-24-11-3-1-4-12-24)34(40)37-27-15-5-2-6-16-27/h1,3-4,7-14,17-20,27,30H,2,5-6,15-16,21-23H2,(H,37,40)/t30-/m1/s1. The molecule has 0 saturated heterocycles. The number of ether oxygens (including phenoxy) is 1. The lowest BCUT2D eigenvalue weighted by atomic mass is 9.94. The first kappa shape index (κ1) is 28.8. The third kappa shape index (κ3) is 7.33. The highest BCUT2D eigenvalue weighted by atomic mass is 79.9. The van der Waals surface area contributed by atoms with Crippen molar-refractivity contribution in [2.24, 2.45) is 0 Å². The smallest absolute Gasteiger partial charge is 0.261 e. The number of rotatable bonds is 10. The van der Waals surface area contributed by atoms with Crippen molar-refractivity contribution in [3.05, 3.63) is 112 Å². The Hall–Kier alpha value is -3.71. The maximum atomic E-state index is 14.9. The van der Waals surface area contributed by atoms with E-state index in [-0.39, 0.29) is 25.1 Å². The summed E-state index contributed by atoms with van der Waals surface area (Å²) < 4.78 is 21.6. The lowest BCUT2D eigenvalue weighted by molar-refractivity contribution is -0.143. The Morgan fingerprint density at radius 3 is 2.39 bits per heavy atom. The summed E-state index contributed by atoms with van der Waals surface area (Å²) >= 11 is 3.62. The molecule has 1 fully saturated rings. The molecule has 0 aromatic heterocycles. The van der Waals surface area contributed by atoms with Crippen molar-refractivity contribution in [2.75, 3.05) is 6.61 Å². The molecule has 1 saturated carbocycles. The van der Waals surface area contributed by atoms with E-state index in [2.05, 4.69) is 21.2 Å². The SMILES string of the molecule is O=C(NC1CCCCC1)[C@@H](Cc1ccccc1)N(Cc1ccccc1F)C(=O)COc1ccc2ccccc2c1Br. The van der Waals surface area contributed by atoms with Crippen LogP contribution in [0.15, 0.2) is 95.5 Å². The van der Waals surface area contributed by atoms with E-state index in [1.165, 1.54) is 17.4 Å². The molecule has 0 aliphatic heterocycles. The van der Waals surface area contributed by atoms with Gasteiger partial charge in [0.05, 0.1) is 4.47 Å². The third-order valence-electron chi connectivity index (χ3n) is 7.70. The highest BCUT2D eigenvalue weighted by Crippen LogP contribution is 2.33. The molecule has 7 heteroatoms. The van der Waals surface area contributed by atoms with E-state index >= 15 is 0 Å². The topological polar surface area (TPSA) is 58.6 Å². The van der Waals surface area contributed by atoms with Crippen molar-refractivity contribution < 1.29 is 18.7 Å². The van der Waals surface area contributed by atoms with Gasteiger partial charge in [-0.2, -0.15) is 0 Å². The van der Waals surface area contributed by atoms with Gasteiger partial charge in [-0.1, -0.05) is 98.1 Å². The van der Waals surface area contributed by atoms with Crippen LogP contribution in [0.25, 0.3) is 10.8 Å². The number of amides is 2. The molecule has 4 aromatic carbocycles. The molecule has 0 heterocycles. The quantitative estimate of drug-likeness (QED) is 0.205. The van der Waals surface area contributed by atoms with Crippen LogP contribution >= 0.6 is 15.9 Å². The zero-order valence-electron chi connectivity index (χ0n) is 22.9. The van der Waals surface area contributed by atoms with Gasteiger partial charge < -0.3 is 15.0 Å². The molecular formula is C34H34BrFN2O3. The molecule has 5 rings (SSSR count). The van der Waals surface area contributed by atoms with E-state index in [1.807, 2.05) is 66.7 Å². The normalized spacial score (nSPS) is 14.4. The maximum Gasteiger partial charge on any atom is 0.261 e. The van der Waals surface area contributed by atoms with Gasteiger partial charge in [0.2, 0.25) is 5.91 Å². The van der Waals surface area contributed by atoms with Crippen LogP contribution in [-0.4, -0.2) is 35.4 Å². The van der Waals surface area contributed by atoms with Crippen molar-refractivity contribution in [2.45, 2.75) is 57.2 Å². The summed E-state index contributed by atoms with van der Waals surface area (Å²) in [5, 5.41) is 5.21. The summed E-state index contributed by atoms with van der Waals surface area (Å²) in [6.45, 7) is -0.350. The predicted octanol–water partition coefficient (Wildman–Crippen LogP) is 7.21. The van der Waals surface area contributed by atoms with Gasteiger partial charge in [-0.05, 0) is 57.2 Å². The molecule has 5 nitrogen and oxygen atoms in total. The molecule has 2 amide bonds. The number of fused-ring (bicyclic) bond motifs is 1. The molecule has 0 bridgehead atoms. The minimum Gasteiger partial charge on any atom is -0.483 e. The van der Waals surface area contributed by atoms with Gasteiger partial charge in [-0.3, -0.25) is 9.59 Å². The van der Waals surface area contributed by atoms with Crippen molar-refractivity contribution in [1.82, 2.24) is 10.2 Å². The molecular weight excluding hydrogens is 583 g/mol. The van der Waals surface area contributed by atoms with E-state index in [4.69, 9.17) is 4.74 Å². The van der Waals surface area contributed by atoms with Crippen LogP contribution in [0.5, 0.6) is 5.75 Å². The molecule has 41 heavy (non-hydrogen) atoms. The van der Waals surface area contributed by atoms with Crippen LogP contribution in [0.1, 0.15) is 43.2 Å². The van der Waals surface area contributed by atoms with Gasteiger partial charge in [0.25, 0.3) is 5.91 Å². The second-order valence-electron chi connectivity index (χ2n) is 10.5. The summed E-state index contributed by atoms with van der Waals surface area (Å²) in [7, 11) is 0. The van der Waals surface area contributed by atoms with Gasteiger partial charge >= 0.3 is 0 Å². The van der Waals surface area contributed by atoms with Gasteiger partial charge in [-0.15, -0.1) is 0 Å². The van der Waals surface area contributed by atoms with Gasteiger partial charge in [-0.25, -0.2) is 4.39 Å². The van der Waals surface area contributed by atoms with E-state index in [9.17, 15) is 14.0 Å². The fourth-order valence-electron chi connectivity index (χ4n) is 5.46. The summed E-state index contributed by atoms with van der Waals surface area (Å²) in [6.07, 6.45) is 5.45. The molecule has 1 atom stereocenters. The number of nitrogens with one attached hydrogen (secondary N) is 1. The zero-order valence-corrected chi connectivity index (χ0v) is 24.5. The van der Waals surface area contributed by atoms with Crippen molar-refractivity contribution in [1.29, 1.82) is 0 Å². The van der Waals surface area contributed by atoms with Crippen LogP contribution in [-0.2, 0) is 22.6 Å². The number of nitrogens with zero attached hydrogens (tertiary/aromatic N) is 1. The number of carbonyl (C=O) groups excluding carboxylic acids is 2. The Morgan fingerprint density at radius 2 is 1.61 bits per heavy atom. The third-order valence-corrected chi connectivity index (χ3v) is 8.52. The first-order valence-electron chi connectivity index (χ1n) is 14.2. The molecule has 1 aliphatic rings. The van der Waals surface area contributed by atoms with Crippen LogP contribution in [0, 0.1) is 5.82 Å². The Kier molecular flexibility index (Phi) is 9.67. The Labute approximate surface area is 248 Å². The Morgan fingerprint density at radius 1 is 0.902 bits per heavy atom. The summed E-state index contributed by atoms with van der Waals surface area (Å²) in [5.41, 5.74) is 1.26. The zero-order chi connectivity index (χ0) is 28.6. The molecule has 212 valence electrons. The first-order valence-corrected chi connectivity index (χ1v) is 15.0. The molecule has 1 aliphatic carbocycles. The van der Waals surface area contributed by atoms with Crippen LogP contribution in [0.2, 0.25) is 0 Å². The van der Waals surface area contributed by atoms with Crippen molar-refractivity contribution in [3.8, 4) is 5.75 Å². The second kappa shape index (κ2) is 13.8. The summed E-state index contributed by atoms with van der Waals surface area (Å²) in [5.74, 6) is -0.519. The number of hydrogen-bond acceptors (Lipinski definition) is 3. The summed E-state index contributed by atoms with van der Waals surface area (Å²) in [6, 6.07) is 26.9. The van der Waals surface area contributed by atoms with E-state index in [0.717, 1.165) is 46.5 Å². The highest BCUT2D eigenvalue weighted by molar-refractivity contribution is 9.10. The average molecular weight is 618 g/mol. The Balaban J connectivity index is 1.44. The van der Waals surface area contributed by atoms with Crippen LogP contribution in [0.3, 0.4) is 0 Å². The molecule has 1 N–H and O–H groups in total. The number of benzene rings is 4. The lowest BCUT2D eigenvalue weighted by Gasteiger charge is -2.33. The average Bonchev–Trinajstić information content (AvgIpc) is 3.00. The molecule has 0 spiro atoms. The van der Waals surface area contributed by atoms with E-state index in [1.54, 1.807) is 18.2 Å².